The van der Waals surface area contributed by atoms with Gasteiger partial charge in [0.05, 0.1) is 11.9 Å². The molecule has 0 bridgehead atoms. The number of piperidine rings is 2. The number of likely N-dealkylation sites (tertiary alicyclic amines) is 1. The molecule has 298 valence electrons. The Balaban J connectivity index is 0.756. The van der Waals surface area contributed by atoms with Gasteiger partial charge in [-0.25, -0.2) is 23.5 Å². The van der Waals surface area contributed by atoms with Gasteiger partial charge in [0.2, 0.25) is 17.8 Å². The van der Waals surface area contributed by atoms with Crippen molar-refractivity contribution < 1.29 is 27.9 Å². The van der Waals surface area contributed by atoms with Gasteiger partial charge in [0, 0.05) is 69.0 Å². The Morgan fingerprint density at radius 3 is 2.23 bits per heavy atom. The second-order valence-corrected chi connectivity index (χ2v) is 15.4. The summed E-state index contributed by atoms with van der Waals surface area (Å²) in [7, 11) is 0. The Morgan fingerprint density at radius 1 is 0.754 bits per heavy atom. The van der Waals surface area contributed by atoms with Crippen LogP contribution in [-0.2, 0) is 14.3 Å². The predicted molar refractivity (Wildman–Crippen MR) is 214 cm³/mol. The highest BCUT2D eigenvalue weighted by Crippen LogP contribution is 2.30. The summed E-state index contributed by atoms with van der Waals surface area (Å²) >= 11 is 0. The lowest BCUT2D eigenvalue weighted by atomic mass is 9.93. The van der Waals surface area contributed by atoms with E-state index in [1.165, 1.54) is 12.3 Å². The molecule has 1 saturated carbocycles. The molecule has 14 heteroatoms. The molecule has 0 spiro atoms. The molecular formula is C43H48F2N8O4. The highest BCUT2D eigenvalue weighted by molar-refractivity contribution is 6.01. The van der Waals surface area contributed by atoms with E-state index in [4.69, 9.17) is 4.74 Å². The standard InChI is InChI=1S/C43H48F2N8O4/c44-35-26-32(47-37-14-16-39(54)49-41(37)55)11-15-38(35)52-23-21-51(22-24-52)33-17-19-53(20-18-33)43(56)57-34-12-9-31(10-13-34)48-42-46-27-36(45)40(50-42)30-8-4-7-29(25-30)28-5-2-1-3-6-28/h1-8,11,15,25-27,31,33-34,37,47H,9-10,12-14,16-24H2,(H,46,48,50)(H,49,54,55). The quantitative estimate of drug-likeness (QED) is 0.163. The molecule has 3 aromatic carbocycles. The van der Waals surface area contributed by atoms with Gasteiger partial charge in [-0.3, -0.25) is 19.8 Å². The lowest BCUT2D eigenvalue weighted by Gasteiger charge is -2.43. The first-order valence-electron chi connectivity index (χ1n) is 20.0. The van der Waals surface area contributed by atoms with E-state index in [1.54, 1.807) is 12.1 Å². The summed E-state index contributed by atoms with van der Waals surface area (Å²) in [6.45, 7) is 4.24. The number of carbonyl (C=O) groups excluding carboxylic acids is 3. The minimum Gasteiger partial charge on any atom is -0.446 e. The molecule has 8 rings (SSSR count). The number of rotatable bonds is 9. The number of ether oxygens (including phenoxy) is 1. The Kier molecular flexibility index (Phi) is 11.6. The molecule has 1 atom stereocenters. The van der Waals surface area contributed by atoms with Gasteiger partial charge in [0.15, 0.2) is 5.82 Å². The van der Waals surface area contributed by atoms with E-state index in [0.29, 0.717) is 61.5 Å². The Morgan fingerprint density at radius 2 is 1.49 bits per heavy atom. The molecule has 3 N–H and O–H groups in total. The van der Waals surface area contributed by atoms with Gasteiger partial charge in [0.1, 0.15) is 23.7 Å². The van der Waals surface area contributed by atoms with E-state index in [0.717, 1.165) is 62.7 Å². The Bertz CT molecular complexity index is 2070. The maximum Gasteiger partial charge on any atom is 0.410 e. The fraction of sp³-hybridized carbons (Fsp3) is 0.419. The average molecular weight is 779 g/mol. The molecule has 12 nitrogen and oxygen atoms in total. The van der Waals surface area contributed by atoms with Crippen LogP contribution in [0.2, 0.25) is 0 Å². The van der Waals surface area contributed by atoms with E-state index in [1.807, 2.05) is 59.5 Å². The number of hydrogen-bond donors (Lipinski definition) is 3. The van der Waals surface area contributed by atoms with Crippen LogP contribution in [0.15, 0.2) is 79.0 Å². The average Bonchev–Trinajstić information content (AvgIpc) is 3.24. The van der Waals surface area contributed by atoms with E-state index < -0.39 is 17.8 Å². The molecule has 4 aromatic rings. The van der Waals surface area contributed by atoms with Crippen LogP contribution in [0.25, 0.3) is 22.4 Å². The van der Waals surface area contributed by atoms with Crippen LogP contribution < -0.4 is 20.9 Å². The predicted octanol–water partition coefficient (Wildman–Crippen LogP) is 6.45. The summed E-state index contributed by atoms with van der Waals surface area (Å²) in [5.41, 5.74) is 4.00. The number of imide groups is 1. The van der Waals surface area contributed by atoms with Crippen molar-refractivity contribution in [3.8, 4) is 22.4 Å². The molecule has 1 aliphatic carbocycles. The number of nitrogens with zero attached hydrogens (tertiary/aromatic N) is 5. The number of amides is 3. The van der Waals surface area contributed by atoms with Crippen LogP contribution in [0, 0.1) is 11.6 Å². The Hall–Kier alpha value is -5.63. The topological polar surface area (TPSA) is 132 Å². The van der Waals surface area contributed by atoms with Crippen LogP contribution in [0.1, 0.15) is 51.4 Å². The molecule has 4 aliphatic rings. The van der Waals surface area contributed by atoms with Gasteiger partial charge < -0.3 is 25.2 Å². The van der Waals surface area contributed by atoms with Crippen LogP contribution in [-0.4, -0.2) is 101 Å². The fourth-order valence-corrected chi connectivity index (χ4v) is 8.47. The van der Waals surface area contributed by atoms with E-state index >= 15 is 4.39 Å². The number of nitrogens with one attached hydrogen (secondary N) is 3. The molecule has 3 saturated heterocycles. The van der Waals surface area contributed by atoms with Crippen molar-refractivity contribution in [1.82, 2.24) is 25.1 Å². The monoisotopic (exact) mass is 778 g/mol. The molecule has 4 fully saturated rings. The maximum absolute atomic E-state index is 15.2. The minimum absolute atomic E-state index is 0.0861. The highest BCUT2D eigenvalue weighted by atomic mass is 19.1. The molecule has 4 heterocycles. The third-order valence-electron chi connectivity index (χ3n) is 11.7. The van der Waals surface area contributed by atoms with Gasteiger partial charge in [-0.15, -0.1) is 0 Å². The van der Waals surface area contributed by atoms with Crippen molar-refractivity contribution in [3.05, 3.63) is 90.6 Å². The summed E-state index contributed by atoms with van der Waals surface area (Å²) in [6.07, 6.45) is 6.13. The van der Waals surface area contributed by atoms with Gasteiger partial charge in [0.25, 0.3) is 0 Å². The number of halogens is 2. The first-order chi connectivity index (χ1) is 27.8. The van der Waals surface area contributed by atoms with Crippen LogP contribution in [0.3, 0.4) is 0 Å². The lowest BCUT2D eigenvalue weighted by Crippen LogP contribution is -2.54. The number of anilines is 3. The summed E-state index contributed by atoms with van der Waals surface area (Å²) in [5, 5.41) is 8.74. The van der Waals surface area contributed by atoms with Gasteiger partial charge in [-0.1, -0.05) is 48.5 Å². The normalized spacial score (nSPS) is 22.2. The first kappa shape index (κ1) is 38.3. The third-order valence-corrected chi connectivity index (χ3v) is 11.7. The van der Waals surface area contributed by atoms with Crippen molar-refractivity contribution in [2.45, 2.75) is 75.6 Å². The van der Waals surface area contributed by atoms with Crippen molar-refractivity contribution in [2.24, 2.45) is 0 Å². The Labute approximate surface area is 331 Å². The molecule has 3 amide bonds. The largest absolute Gasteiger partial charge is 0.446 e. The number of benzene rings is 3. The number of carbonyl (C=O) groups is 3. The zero-order valence-corrected chi connectivity index (χ0v) is 31.8. The number of piperazine rings is 1. The first-order valence-corrected chi connectivity index (χ1v) is 20.0. The van der Waals surface area contributed by atoms with E-state index in [-0.39, 0.29) is 42.1 Å². The summed E-state index contributed by atoms with van der Waals surface area (Å²) < 4.78 is 36.1. The van der Waals surface area contributed by atoms with Crippen molar-refractivity contribution in [3.63, 3.8) is 0 Å². The van der Waals surface area contributed by atoms with E-state index in [2.05, 4.69) is 35.7 Å². The molecule has 1 unspecified atom stereocenters. The SMILES string of the molecule is O=C1CCC(Nc2ccc(N3CCN(C4CCN(C(=O)OC5CCC(Nc6ncc(F)c(-c7cccc(-c8ccccc8)c7)n6)CC5)CC4)CC3)c(F)c2)C(=O)N1. The van der Waals surface area contributed by atoms with Crippen LogP contribution >= 0.6 is 0 Å². The lowest BCUT2D eigenvalue weighted by molar-refractivity contribution is -0.133. The van der Waals surface area contributed by atoms with Crippen LogP contribution in [0.5, 0.6) is 0 Å². The number of hydrogen-bond acceptors (Lipinski definition) is 10. The zero-order valence-electron chi connectivity index (χ0n) is 31.8. The third kappa shape index (κ3) is 9.17. The van der Waals surface area contributed by atoms with Crippen LogP contribution in [0.4, 0.5) is 30.9 Å². The summed E-state index contributed by atoms with van der Waals surface area (Å²) in [4.78, 5) is 51.8. The summed E-state index contributed by atoms with van der Waals surface area (Å²) in [6, 6.07) is 22.4. The molecule has 0 radical (unpaired) electrons. The van der Waals surface area contributed by atoms with Gasteiger partial charge in [-0.05, 0) is 80.3 Å². The highest BCUT2D eigenvalue weighted by Gasteiger charge is 2.33. The molecule has 1 aromatic heterocycles. The molecule has 57 heavy (non-hydrogen) atoms. The van der Waals surface area contributed by atoms with Crippen molar-refractivity contribution in [2.75, 3.05) is 54.8 Å². The van der Waals surface area contributed by atoms with Crippen molar-refractivity contribution in [1.29, 1.82) is 0 Å². The number of aromatic nitrogens is 2. The minimum atomic E-state index is -0.565. The molecule has 3 aliphatic heterocycles. The smallest absolute Gasteiger partial charge is 0.410 e. The fourth-order valence-electron chi connectivity index (χ4n) is 8.47. The van der Waals surface area contributed by atoms with Gasteiger partial charge >= 0.3 is 6.09 Å². The molecular weight excluding hydrogens is 731 g/mol. The van der Waals surface area contributed by atoms with Gasteiger partial charge in [-0.2, -0.15) is 0 Å². The summed E-state index contributed by atoms with van der Waals surface area (Å²) in [5.74, 6) is -1.13. The second kappa shape index (κ2) is 17.2. The maximum atomic E-state index is 15.2. The second-order valence-electron chi connectivity index (χ2n) is 15.4. The zero-order chi connectivity index (χ0) is 39.3. The van der Waals surface area contributed by atoms with E-state index in [9.17, 15) is 18.8 Å². The van der Waals surface area contributed by atoms with Crippen molar-refractivity contribution >= 4 is 35.2 Å².